The lowest BCUT2D eigenvalue weighted by atomic mass is 10.1. The average Bonchev–Trinajstić information content (AvgIpc) is 2.90. The fraction of sp³-hybridized carbons (Fsp3) is 0. The quantitative estimate of drug-likeness (QED) is 0.572. The van der Waals surface area contributed by atoms with Crippen molar-refractivity contribution >= 4 is 28.3 Å². The van der Waals surface area contributed by atoms with Gasteiger partial charge in [0.15, 0.2) is 0 Å². The van der Waals surface area contributed by atoms with Gasteiger partial charge in [-0.3, -0.25) is 9.59 Å². The summed E-state index contributed by atoms with van der Waals surface area (Å²) in [5.41, 5.74) is 1.28. The number of carbonyl (C=O) groups is 2. The molecule has 0 spiro atoms. The number of Topliss-reactive ketones (excluding diaryl/α,β-unsaturated/α-hetero) is 1. The molecule has 0 aliphatic carbocycles. The van der Waals surface area contributed by atoms with E-state index in [9.17, 15) is 14.0 Å². The van der Waals surface area contributed by atoms with Crippen molar-refractivity contribution in [2.75, 3.05) is 5.32 Å². The third kappa shape index (κ3) is 2.53. The number of amides is 1. The van der Waals surface area contributed by atoms with Crippen molar-refractivity contribution in [3.63, 3.8) is 0 Å². The van der Waals surface area contributed by atoms with Crippen LogP contribution in [0.2, 0.25) is 0 Å². The highest BCUT2D eigenvalue weighted by molar-refractivity contribution is 6.48. The zero-order valence-corrected chi connectivity index (χ0v) is 10.9. The summed E-state index contributed by atoms with van der Waals surface area (Å²) in [6, 6.07) is 12.7. The molecule has 3 rings (SSSR count). The van der Waals surface area contributed by atoms with Gasteiger partial charge in [-0.05, 0) is 30.3 Å². The molecule has 0 saturated carbocycles. The van der Waals surface area contributed by atoms with E-state index >= 15 is 0 Å². The van der Waals surface area contributed by atoms with E-state index in [1.54, 1.807) is 30.3 Å². The second kappa shape index (κ2) is 5.20. The Hall–Kier alpha value is -2.95. The van der Waals surface area contributed by atoms with Gasteiger partial charge in [0.25, 0.3) is 11.7 Å². The van der Waals surface area contributed by atoms with Gasteiger partial charge in [-0.2, -0.15) is 0 Å². The number of para-hydroxylation sites is 1. The number of hydrogen-bond donors (Lipinski definition) is 2. The Morgan fingerprint density at radius 3 is 2.57 bits per heavy atom. The van der Waals surface area contributed by atoms with Crippen molar-refractivity contribution in [3.8, 4) is 0 Å². The van der Waals surface area contributed by atoms with Crippen molar-refractivity contribution < 1.29 is 14.0 Å². The minimum absolute atomic E-state index is 0.151. The summed E-state index contributed by atoms with van der Waals surface area (Å²) in [6.45, 7) is 0. The standard InChI is InChI=1S/C16H11FN2O2/c17-10-6-7-14-12(8-10)13(9-18-14)15(20)16(21)19-11-4-2-1-3-5-11/h1-9,18H,(H,19,21). The zero-order chi connectivity index (χ0) is 14.8. The minimum Gasteiger partial charge on any atom is -0.360 e. The van der Waals surface area contributed by atoms with E-state index in [1.165, 1.54) is 24.4 Å². The Balaban J connectivity index is 1.90. The number of ketones is 1. The van der Waals surface area contributed by atoms with Crippen LogP contribution >= 0.6 is 0 Å². The molecule has 2 N–H and O–H groups in total. The number of anilines is 1. The Kier molecular flexibility index (Phi) is 3.23. The fourth-order valence-electron chi connectivity index (χ4n) is 2.11. The molecular formula is C16H11FN2O2. The predicted molar refractivity (Wildman–Crippen MR) is 77.7 cm³/mol. The summed E-state index contributed by atoms with van der Waals surface area (Å²) in [7, 11) is 0. The number of benzene rings is 2. The van der Waals surface area contributed by atoms with Crippen LogP contribution in [0.15, 0.2) is 54.7 Å². The Labute approximate surface area is 119 Å². The second-order valence-electron chi connectivity index (χ2n) is 4.54. The van der Waals surface area contributed by atoms with E-state index in [0.717, 1.165) is 0 Å². The fourth-order valence-corrected chi connectivity index (χ4v) is 2.11. The lowest BCUT2D eigenvalue weighted by Gasteiger charge is -2.03. The first kappa shape index (κ1) is 13.1. The number of H-pyrrole nitrogens is 1. The lowest BCUT2D eigenvalue weighted by molar-refractivity contribution is -0.112. The van der Waals surface area contributed by atoms with E-state index in [4.69, 9.17) is 0 Å². The van der Waals surface area contributed by atoms with Crippen molar-refractivity contribution in [2.45, 2.75) is 0 Å². The van der Waals surface area contributed by atoms with E-state index < -0.39 is 17.5 Å². The number of fused-ring (bicyclic) bond motifs is 1. The first-order valence-corrected chi connectivity index (χ1v) is 6.32. The van der Waals surface area contributed by atoms with Gasteiger partial charge in [0.1, 0.15) is 5.82 Å². The molecule has 4 nitrogen and oxygen atoms in total. The summed E-state index contributed by atoms with van der Waals surface area (Å²) >= 11 is 0. The molecule has 3 aromatic rings. The van der Waals surface area contributed by atoms with Gasteiger partial charge in [0.05, 0.1) is 5.56 Å². The van der Waals surface area contributed by atoms with Crippen LogP contribution in [-0.2, 0) is 4.79 Å². The maximum absolute atomic E-state index is 13.3. The van der Waals surface area contributed by atoms with Gasteiger partial charge < -0.3 is 10.3 Å². The van der Waals surface area contributed by atoms with Crippen LogP contribution in [0, 0.1) is 5.82 Å². The third-order valence-electron chi connectivity index (χ3n) is 3.13. The molecule has 1 heterocycles. The van der Waals surface area contributed by atoms with Crippen molar-refractivity contribution in [3.05, 3.63) is 66.1 Å². The Bertz CT molecular complexity index is 825. The summed E-state index contributed by atoms with van der Waals surface area (Å²) in [6.07, 6.45) is 1.41. The largest absolute Gasteiger partial charge is 0.360 e. The number of halogens is 1. The molecule has 0 aliphatic heterocycles. The number of aromatic nitrogens is 1. The van der Waals surface area contributed by atoms with Crippen molar-refractivity contribution in [1.29, 1.82) is 0 Å². The lowest BCUT2D eigenvalue weighted by Crippen LogP contribution is -2.22. The van der Waals surface area contributed by atoms with Crippen molar-refractivity contribution in [1.82, 2.24) is 4.98 Å². The smallest absolute Gasteiger partial charge is 0.296 e. The molecular weight excluding hydrogens is 271 g/mol. The first-order chi connectivity index (χ1) is 10.1. The first-order valence-electron chi connectivity index (χ1n) is 6.32. The molecule has 0 saturated heterocycles. The summed E-state index contributed by atoms with van der Waals surface area (Å²) in [5.74, 6) is -1.93. The molecule has 1 aromatic heterocycles. The van der Waals surface area contributed by atoms with Crippen LogP contribution in [0.5, 0.6) is 0 Å². The highest BCUT2D eigenvalue weighted by Crippen LogP contribution is 2.20. The van der Waals surface area contributed by atoms with E-state index in [0.29, 0.717) is 16.6 Å². The number of hydrogen-bond acceptors (Lipinski definition) is 2. The molecule has 0 atom stereocenters. The Morgan fingerprint density at radius 2 is 1.81 bits per heavy atom. The van der Waals surface area contributed by atoms with Gasteiger partial charge in [0, 0.05) is 22.8 Å². The normalized spacial score (nSPS) is 10.5. The number of nitrogens with one attached hydrogen (secondary N) is 2. The summed E-state index contributed by atoms with van der Waals surface area (Å²) in [4.78, 5) is 27.0. The van der Waals surface area contributed by atoms with Gasteiger partial charge in [-0.15, -0.1) is 0 Å². The van der Waals surface area contributed by atoms with E-state index in [-0.39, 0.29) is 5.56 Å². The number of carbonyl (C=O) groups excluding carboxylic acids is 2. The molecule has 2 aromatic carbocycles. The summed E-state index contributed by atoms with van der Waals surface area (Å²) in [5, 5.41) is 2.91. The molecule has 5 heteroatoms. The highest BCUT2D eigenvalue weighted by Gasteiger charge is 2.20. The second-order valence-corrected chi connectivity index (χ2v) is 4.54. The van der Waals surface area contributed by atoms with Crippen LogP contribution in [0.4, 0.5) is 10.1 Å². The van der Waals surface area contributed by atoms with Crippen LogP contribution < -0.4 is 5.32 Å². The monoisotopic (exact) mass is 282 g/mol. The SMILES string of the molecule is O=C(Nc1ccccc1)C(=O)c1c[nH]c2ccc(F)cc12. The van der Waals surface area contributed by atoms with Gasteiger partial charge in [0.2, 0.25) is 0 Å². The summed E-state index contributed by atoms with van der Waals surface area (Å²) < 4.78 is 13.3. The Morgan fingerprint density at radius 1 is 1.05 bits per heavy atom. The van der Waals surface area contributed by atoms with Crippen LogP contribution in [-0.4, -0.2) is 16.7 Å². The molecule has 0 aliphatic rings. The van der Waals surface area contributed by atoms with E-state index in [2.05, 4.69) is 10.3 Å². The topological polar surface area (TPSA) is 62.0 Å². The third-order valence-corrected chi connectivity index (χ3v) is 3.13. The van der Waals surface area contributed by atoms with Crippen LogP contribution in [0.25, 0.3) is 10.9 Å². The minimum atomic E-state index is -0.758. The van der Waals surface area contributed by atoms with Crippen LogP contribution in [0.1, 0.15) is 10.4 Å². The van der Waals surface area contributed by atoms with E-state index in [1.807, 2.05) is 0 Å². The maximum Gasteiger partial charge on any atom is 0.296 e. The van der Waals surface area contributed by atoms with Gasteiger partial charge in [-0.25, -0.2) is 4.39 Å². The van der Waals surface area contributed by atoms with Crippen LogP contribution in [0.3, 0.4) is 0 Å². The van der Waals surface area contributed by atoms with Crippen molar-refractivity contribution in [2.24, 2.45) is 0 Å². The number of aromatic amines is 1. The average molecular weight is 282 g/mol. The molecule has 0 bridgehead atoms. The zero-order valence-electron chi connectivity index (χ0n) is 10.9. The molecule has 0 fully saturated rings. The van der Waals surface area contributed by atoms with Gasteiger partial charge >= 0.3 is 0 Å². The molecule has 1 amide bonds. The molecule has 0 radical (unpaired) electrons. The molecule has 21 heavy (non-hydrogen) atoms. The van der Waals surface area contributed by atoms with Gasteiger partial charge in [-0.1, -0.05) is 18.2 Å². The predicted octanol–water partition coefficient (Wildman–Crippen LogP) is 3.13. The highest BCUT2D eigenvalue weighted by atomic mass is 19.1. The maximum atomic E-state index is 13.3. The molecule has 104 valence electrons. The molecule has 0 unspecified atom stereocenters. The number of rotatable bonds is 3.